The second-order valence-electron chi connectivity index (χ2n) is 5.42. The third-order valence-electron chi connectivity index (χ3n) is 3.43. The molecule has 0 aliphatic rings. The molecule has 0 spiro atoms. The van der Waals surface area contributed by atoms with Crippen LogP contribution >= 0.6 is 15.9 Å². The third-order valence-corrected chi connectivity index (χ3v) is 4.02. The Morgan fingerprint density at radius 1 is 1.40 bits per heavy atom. The van der Waals surface area contributed by atoms with Gasteiger partial charge in [0.1, 0.15) is 11.4 Å². The molecule has 108 valence electrons. The maximum absolute atomic E-state index is 13.8. The van der Waals surface area contributed by atoms with Crippen molar-refractivity contribution in [2.24, 2.45) is 0 Å². The van der Waals surface area contributed by atoms with E-state index in [1.165, 1.54) is 6.07 Å². The van der Waals surface area contributed by atoms with Crippen molar-refractivity contribution in [2.45, 2.75) is 39.3 Å². The summed E-state index contributed by atoms with van der Waals surface area (Å²) in [6, 6.07) is 4.88. The van der Waals surface area contributed by atoms with Crippen LogP contribution < -0.4 is 0 Å². The molecule has 1 N–H and O–H groups in total. The molecule has 0 aliphatic carbocycles. The summed E-state index contributed by atoms with van der Waals surface area (Å²) in [6.45, 7) is 7.31. The summed E-state index contributed by atoms with van der Waals surface area (Å²) >= 11 is 3.41. The van der Waals surface area contributed by atoms with Gasteiger partial charge in [-0.1, -0.05) is 12.1 Å². The number of rotatable bonds is 3. The second kappa shape index (κ2) is 5.30. The van der Waals surface area contributed by atoms with Crippen LogP contribution in [-0.2, 0) is 5.60 Å². The van der Waals surface area contributed by atoms with Gasteiger partial charge in [-0.2, -0.15) is 5.10 Å². The predicted octanol–water partition coefficient (Wildman–Crippen LogP) is 3.93. The first-order valence-electron chi connectivity index (χ1n) is 6.47. The average Bonchev–Trinajstić information content (AvgIpc) is 2.75. The van der Waals surface area contributed by atoms with Crippen LogP contribution in [0.5, 0.6) is 0 Å². The maximum Gasteiger partial charge on any atom is 0.130 e. The molecule has 0 saturated carbocycles. The fourth-order valence-electron chi connectivity index (χ4n) is 2.22. The summed E-state index contributed by atoms with van der Waals surface area (Å²) in [6.07, 6.45) is 1.65. The van der Waals surface area contributed by atoms with Crippen molar-refractivity contribution in [1.29, 1.82) is 0 Å². The number of halogens is 2. The van der Waals surface area contributed by atoms with Crippen LogP contribution in [0.15, 0.2) is 28.9 Å². The van der Waals surface area contributed by atoms with Gasteiger partial charge in [-0.15, -0.1) is 0 Å². The Hall–Kier alpha value is -1.20. The van der Waals surface area contributed by atoms with Gasteiger partial charge in [0.25, 0.3) is 0 Å². The highest BCUT2D eigenvalue weighted by Gasteiger charge is 2.33. The van der Waals surface area contributed by atoms with Crippen LogP contribution in [0, 0.1) is 12.7 Å². The fraction of sp³-hybridized carbons (Fsp3) is 0.400. The minimum Gasteiger partial charge on any atom is -0.379 e. The smallest absolute Gasteiger partial charge is 0.130 e. The molecule has 5 heteroatoms. The molecule has 0 aliphatic heterocycles. The predicted molar refractivity (Wildman–Crippen MR) is 80.1 cm³/mol. The van der Waals surface area contributed by atoms with E-state index in [0.717, 1.165) is 0 Å². The minimum atomic E-state index is -1.33. The molecule has 20 heavy (non-hydrogen) atoms. The lowest BCUT2D eigenvalue weighted by Gasteiger charge is -2.27. The lowest BCUT2D eigenvalue weighted by Crippen LogP contribution is -2.28. The number of aryl methyl sites for hydroxylation is 1. The van der Waals surface area contributed by atoms with Gasteiger partial charge in [0.15, 0.2) is 0 Å². The molecule has 0 saturated heterocycles. The molecular weight excluding hydrogens is 323 g/mol. The molecular formula is C15H18BrFN2O. The molecule has 1 unspecified atom stereocenters. The van der Waals surface area contributed by atoms with Crippen molar-refractivity contribution in [2.75, 3.05) is 0 Å². The summed E-state index contributed by atoms with van der Waals surface area (Å²) in [5, 5.41) is 15.2. The van der Waals surface area contributed by atoms with Crippen LogP contribution in [0.3, 0.4) is 0 Å². The first kappa shape index (κ1) is 15.2. The number of aromatic nitrogens is 2. The van der Waals surface area contributed by atoms with Crippen molar-refractivity contribution in [3.8, 4) is 0 Å². The zero-order chi connectivity index (χ0) is 15.1. The standard InChI is InChI=1S/C15H18BrFN2O/c1-9(2)19-14(12(16)8-18-19)15(4,20)11-6-5-10(3)13(17)7-11/h5-9,20H,1-4H3. The first-order chi connectivity index (χ1) is 9.25. The van der Waals surface area contributed by atoms with E-state index in [0.29, 0.717) is 21.3 Å². The van der Waals surface area contributed by atoms with Gasteiger partial charge in [0, 0.05) is 6.04 Å². The average molecular weight is 341 g/mol. The molecule has 1 aromatic carbocycles. The number of nitrogens with zero attached hydrogens (tertiary/aromatic N) is 2. The number of hydrogen-bond donors (Lipinski definition) is 1. The first-order valence-corrected chi connectivity index (χ1v) is 7.27. The fourth-order valence-corrected chi connectivity index (χ4v) is 2.88. The third kappa shape index (κ3) is 2.52. The van der Waals surface area contributed by atoms with E-state index in [1.54, 1.807) is 36.9 Å². The molecule has 2 rings (SSSR count). The van der Waals surface area contributed by atoms with E-state index >= 15 is 0 Å². The van der Waals surface area contributed by atoms with Gasteiger partial charge in [0.2, 0.25) is 0 Å². The largest absolute Gasteiger partial charge is 0.379 e. The van der Waals surface area contributed by atoms with Gasteiger partial charge >= 0.3 is 0 Å². The van der Waals surface area contributed by atoms with Gasteiger partial charge in [0.05, 0.1) is 16.4 Å². The Bertz CT molecular complexity index is 635. The van der Waals surface area contributed by atoms with E-state index in [1.807, 2.05) is 13.8 Å². The van der Waals surface area contributed by atoms with Crippen molar-refractivity contribution < 1.29 is 9.50 Å². The SMILES string of the molecule is Cc1ccc(C(C)(O)c2c(Br)cnn2C(C)C)cc1F. The molecule has 0 fully saturated rings. The van der Waals surface area contributed by atoms with Crippen molar-refractivity contribution in [3.05, 3.63) is 51.5 Å². The van der Waals surface area contributed by atoms with E-state index in [9.17, 15) is 9.50 Å². The zero-order valence-electron chi connectivity index (χ0n) is 12.0. The summed E-state index contributed by atoms with van der Waals surface area (Å²) in [5.74, 6) is -0.325. The van der Waals surface area contributed by atoms with E-state index in [4.69, 9.17) is 0 Å². The van der Waals surface area contributed by atoms with Crippen molar-refractivity contribution in [1.82, 2.24) is 9.78 Å². The van der Waals surface area contributed by atoms with E-state index in [2.05, 4.69) is 21.0 Å². The van der Waals surface area contributed by atoms with Crippen molar-refractivity contribution in [3.63, 3.8) is 0 Å². The number of benzene rings is 1. The number of aliphatic hydroxyl groups is 1. The van der Waals surface area contributed by atoms with Crippen LogP contribution in [-0.4, -0.2) is 14.9 Å². The van der Waals surface area contributed by atoms with Gasteiger partial charge in [-0.25, -0.2) is 4.39 Å². The Balaban J connectivity index is 2.59. The molecule has 1 aromatic heterocycles. The normalized spacial score (nSPS) is 14.6. The Morgan fingerprint density at radius 3 is 2.60 bits per heavy atom. The molecule has 1 atom stereocenters. The lowest BCUT2D eigenvalue weighted by atomic mass is 9.91. The molecule has 0 bridgehead atoms. The summed E-state index contributed by atoms with van der Waals surface area (Å²) in [5.41, 5.74) is 0.356. The summed E-state index contributed by atoms with van der Waals surface area (Å²) in [7, 11) is 0. The minimum absolute atomic E-state index is 0.0954. The topological polar surface area (TPSA) is 38.1 Å². The summed E-state index contributed by atoms with van der Waals surface area (Å²) in [4.78, 5) is 0. The van der Waals surface area contributed by atoms with E-state index < -0.39 is 5.60 Å². The summed E-state index contributed by atoms with van der Waals surface area (Å²) < 4.78 is 16.2. The van der Waals surface area contributed by atoms with Crippen LogP contribution in [0.2, 0.25) is 0 Å². The highest BCUT2D eigenvalue weighted by molar-refractivity contribution is 9.10. The molecule has 1 heterocycles. The number of hydrogen-bond acceptors (Lipinski definition) is 2. The van der Waals surface area contributed by atoms with Crippen LogP contribution in [0.4, 0.5) is 4.39 Å². The molecule has 2 aromatic rings. The highest BCUT2D eigenvalue weighted by Crippen LogP contribution is 2.35. The molecule has 0 amide bonds. The van der Waals surface area contributed by atoms with Crippen LogP contribution in [0.25, 0.3) is 0 Å². The molecule has 0 radical (unpaired) electrons. The molecule has 3 nitrogen and oxygen atoms in total. The Labute approximate surface area is 126 Å². The van der Waals surface area contributed by atoms with Crippen molar-refractivity contribution >= 4 is 15.9 Å². The lowest BCUT2D eigenvalue weighted by molar-refractivity contribution is 0.0888. The Kier molecular flexibility index (Phi) is 4.02. The monoisotopic (exact) mass is 340 g/mol. The Morgan fingerprint density at radius 2 is 2.05 bits per heavy atom. The maximum atomic E-state index is 13.8. The van der Waals surface area contributed by atoms with Gasteiger partial charge in [-0.05, 0) is 60.8 Å². The highest BCUT2D eigenvalue weighted by atomic mass is 79.9. The van der Waals surface area contributed by atoms with Crippen LogP contribution in [0.1, 0.15) is 43.6 Å². The quantitative estimate of drug-likeness (QED) is 0.919. The second-order valence-corrected chi connectivity index (χ2v) is 6.27. The van der Waals surface area contributed by atoms with Gasteiger partial charge in [-0.3, -0.25) is 4.68 Å². The van der Waals surface area contributed by atoms with Gasteiger partial charge < -0.3 is 5.11 Å². The van der Waals surface area contributed by atoms with E-state index in [-0.39, 0.29) is 11.9 Å². The zero-order valence-corrected chi connectivity index (χ0v) is 13.6.